The molecule has 0 spiro atoms. The highest BCUT2D eigenvalue weighted by Crippen LogP contribution is 2.32. The minimum atomic E-state index is -0.725. The van der Waals surface area contributed by atoms with E-state index in [1.165, 1.54) is 6.08 Å². The number of para-hydroxylation sites is 1. The van der Waals surface area contributed by atoms with E-state index in [0.29, 0.717) is 30.4 Å². The lowest BCUT2D eigenvalue weighted by Crippen LogP contribution is -2.52. The van der Waals surface area contributed by atoms with Crippen molar-refractivity contribution in [2.75, 3.05) is 0 Å². The molecular weight excluding hydrogens is 406 g/mol. The standard InChI is InChI=1S/C23H31N7O2/c1-8-19(31)26-22(5,6)14-23(7,25-13-18-12-24-17(4)32-18)21-27-28-29-30(21)20-15(2)10-9-11-16(20)3/h8-12,25H,1,13-14H2,2-7H3,(H,26,31). The number of tetrazole rings is 1. The first-order valence-electron chi connectivity index (χ1n) is 10.5. The first-order valence-corrected chi connectivity index (χ1v) is 10.5. The molecule has 9 heteroatoms. The molecule has 0 saturated heterocycles. The Morgan fingerprint density at radius 3 is 2.50 bits per heavy atom. The lowest BCUT2D eigenvalue weighted by molar-refractivity contribution is -0.118. The average molecular weight is 438 g/mol. The van der Waals surface area contributed by atoms with Gasteiger partial charge in [0.05, 0.1) is 24.0 Å². The molecule has 2 N–H and O–H groups in total. The van der Waals surface area contributed by atoms with Gasteiger partial charge in [-0.1, -0.05) is 24.8 Å². The molecular formula is C23H31N7O2. The highest BCUT2D eigenvalue weighted by Gasteiger charge is 2.39. The van der Waals surface area contributed by atoms with Gasteiger partial charge >= 0.3 is 0 Å². The summed E-state index contributed by atoms with van der Waals surface area (Å²) in [5.41, 5.74) is 1.75. The van der Waals surface area contributed by atoms with Gasteiger partial charge in [0.1, 0.15) is 5.76 Å². The molecule has 1 unspecified atom stereocenters. The Morgan fingerprint density at radius 1 is 1.22 bits per heavy atom. The van der Waals surface area contributed by atoms with Gasteiger partial charge in [0.15, 0.2) is 11.7 Å². The van der Waals surface area contributed by atoms with Crippen LogP contribution in [0.5, 0.6) is 0 Å². The second kappa shape index (κ2) is 9.04. The zero-order valence-electron chi connectivity index (χ0n) is 19.6. The molecule has 0 saturated carbocycles. The van der Waals surface area contributed by atoms with Gasteiger partial charge in [0.25, 0.3) is 0 Å². The minimum absolute atomic E-state index is 0.238. The third-order valence-electron chi connectivity index (χ3n) is 5.38. The lowest BCUT2D eigenvalue weighted by Gasteiger charge is -2.37. The molecule has 170 valence electrons. The predicted octanol–water partition coefficient (Wildman–Crippen LogP) is 3.05. The third-order valence-corrected chi connectivity index (χ3v) is 5.38. The Bertz CT molecular complexity index is 1100. The van der Waals surface area contributed by atoms with Crippen LogP contribution in [0.15, 0.2) is 41.5 Å². The van der Waals surface area contributed by atoms with E-state index in [4.69, 9.17) is 4.42 Å². The molecule has 3 aromatic rings. The Labute approximate surface area is 188 Å². The molecule has 0 aliphatic carbocycles. The second-order valence-electron chi connectivity index (χ2n) is 8.94. The molecule has 0 aliphatic rings. The van der Waals surface area contributed by atoms with Crippen LogP contribution in [0, 0.1) is 20.8 Å². The number of carbonyl (C=O) groups is 1. The molecule has 0 radical (unpaired) electrons. The number of aryl methyl sites for hydroxylation is 3. The highest BCUT2D eigenvalue weighted by molar-refractivity contribution is 5.87. The Morgan fingerprint density at radius 2 is 1.91 bits per heavy atom. The molecule has 0 fully saturated rings. The molecule has 1 amide bonds. The molecule has 32 heavy (non-hydrogen) atoms. The van der Waals surface area contributed by atoms with Crippen LogP contribution in [-0.2, 0) is 16.9 Å². The number of benzene rings is 1. The maximum absolute atomic E-state index is 12.0. The van der Waals surface area contributed by atoms with E-state index in [1.807, 2.05) is 52.8 Å². The van der Waals surface area contributed by atoms with Crippen molar-refractivity contribution in [1.29, 1.82) is 0 Å². The summed E-state index contributed by atoms with van der Waals surface area (Å²) in [6.45, 7) is 15.8. The Balaban J connectivity index is 2.04. The molecule has 0 aliphatic heterocycles. The number of oxazole rings is 1. The van der Waals surface area contributed by atoms with Crippen molar-refractivity contribution in [2.45, 2.75) is 65.6 Å². The van der Waals surface area contributed by atoms with Crippen molar-refractivity contribution in [2.24, 2.45) is 0 Å². The summed E-state index contributed by atoms with van der Waals surface area (Å²) in [5.74, 6) is 1.69. The molecule has 3 rings (SSSR count). The third kappa shape index (κ3) is 5.11. The minimum Gasteiger partial charge on any atom is -0.445 e. The Kier molecular flexibility index (Phi) is 6.59. The van der Waals surface area contributed by atoms with Crippen LogP contribution in [0.1, 0.15) is 55.8 Å². The van der Waals surface area contributed by atoms with Crippen LogP contribution >= 0.6 is 0 Å². The molecule has 9 nitrogen and oxygen atoms in total. The van der Waals surface area contributed by atoms with E-state index in [2.05, 4.69) is 37.7 Å². The van der Waals surface area contributed by atoms with Crippen LogP contribution in [0.25, 0.3) is 5.69 Å². The molecule has 1 atom stereocenters. The van der Waals surface area contributed by atoms with Gasteiger partial charge in [0.2, 0.25) is 5.91 Å². The average Bonchev–Trinajstić information content (AvgIpc) is 3.35. The van der Waals surface area contributed by atoms with E-state index < -0.39 is 11.1 Å². The van der Waals surface area contributed by atoms with E-state index >= 15 is 0 Å². The molecule has 1 aromatic carbocycles. The number of amides is 1. The first kappa shape index (κ1) is 23.3. The summed E-state index contributed by atoms with van der Waals surface area (Å²) in [7, 11) is 0. The van der Waals surface area contributed by atoms with Crippen LogP contribution in [0.2, 0.25) is 0 Å². The van der Waals surface area contributed by atoms with Gasteiger partial charge in [-0.25, -0.2) is 4.98 Å². The second-order valence-corrected chi connectivity index (χ2v) is 8.94. The maximum atomic E-state index is 12.0. The fraction of sp³-hybridized carbons (Fsp3) is 0.435. The summed E-state index contributed by atoms with van der Waals surface area (Å²) >= 11 is 0. The normalized spacial score (nSPS) is 13.6. The van der Waals surface area contributed by atoms with Crippen molar-refractivity contribution < 1.29 is 9.21 Å². The monoisotopic (exact) mass is 437 g/mol. The van der Waals surface area contributed by atoms with Crippen LogP contribution in [0.4, 0.5) is 0 Å². The van der Waals surface area contributed by atoms with Gasteiger partial charge in [-0.15, -0.1) is 5.10 Å². The van der Waals surface area contributed by atoms with Crippen LogP contribution < -0.4 is 10.6 Å². The van der Waals surface area contributed by atoms with Gasteiger partial charge in [-0.05, 0) is 68.7 Å². The highest BCUT2D eigenvalue weighted by atomic mass is 16.4. The van der Waals surface area contributed by atoms with E-state index in [-0.39, 0.29) is 5.91 Å². The van der Waals surface area contributed by atoms with Crippen molar-refractivity contribution in [3.63, 3.8) is 0 Å². The molecule has 2 aromatic heterocycles. The summed E-state index contributed by atoms with van der Waals surface area (Å²) in [4.78, 5) is 16.2. The summed E-state index contributed by atoms with van der Waals surface area (Å²) < 4.78 is 7.42. The van der Waals surface area contributed by atoms with Gasteiger partial charge < -0.3 is 9.73 Å². The van der Waals surface area contributed by atoms with Crippen LogP contribution in [0.3, 0.4) is 0 Å². The van der Waals surface area contributed by atoms with Gasteiger partial charge in [-0.2, -0.15) is 4.68 Å². The summed E-state index contributed by atoms with van der Waals surface area (Å²) in [6, 6.07) is 6.07. The zero-order chi connectivity index (χ0) is 23.5. The zero-order valence-corrected chi connectivity index (χ0v) is 19.6. The quantitative estimate of drug-likeness (QED) is 0.495. The van der Waals surface area contributed by atoms with Crippen LogP contribution in [-0.4, -0.2) is 36.6 Å². The topological polar surface area (TPSA) is 111 Å². The van der Waals surface area contributed by atoms with Gasteiger partial charge in [0, 0.05) is 12.5 Å². The SMILES string of the molecule is C=CC(=O)NC(C)(C)CC(C)(NCc1cnc(C)o1)c1nnnn1-c1c(C)cccc1C. The number of carbonyl (C=O) groups excluding carboxylic acids is 1. The number of nitrogens with one attached hydrogen (secondary N) is 2. The van der Waals surface area contributed by atoms with Crippen molar-refractivity contribution >= 4 is 5.91 Å². The number of hydrogen-bond donors (Lipinski definition) is 2. The summed E-state index contributed by atoms with van der Waals surface area (Å²) in [5, 5.41) is 19.3. The van der Waals surface area contributed by atoms with Crippen molar-refractivity contribution in [3.05, 3.63) is 65.7 Å². The van der Waals surface area contributed by atoms with E-state index in [9.17, 15) is 4.79 Å². The fourth-order valence-electron chi connectivity index (χ4n) is 4.12. The molecule has 2 heterocycles. The lowest BCUT2D eigenvalue weighted by atomic mass is 9.84. The summed E-state index contributed by atoms with van der Waals surface area (Å²) in [6.07, 6.45) is 3.46. The largest absolute Gasteiger partial charge is 0.445 e. The number of nitrogens with zero attached hydrogens (tertiary/aromatic N) is 5. The Hall–Kier alpha value is -3.33. The van der Waals surface area contributed by atoms with Crippen molar-refractivity contribution in [3.8, 4) is 5.69 Å². The smallest absolute Gasteiger partial charge is 0.243 e. The first-order chi connectivity index (χ1) is 15.0. The number of hydrogen-bond acceptors (Lipinski definition) is 7. The van der Waals surface area contributed by atoms with Crippen molar-refractivity contribution in [1.82, 2.24) is 35.8 Å². The van der Waals surface area contributed by atoms with E-state index in [0.717, 1.165) is 16.8 Å². The number of aromatic nitrogens is 5. The predicted molar refractivity (Wildman–Crippen MR) is 121 cm³/mol. The van der Waals surface area contributed by atoms with E-state index in [1.54, 1.807) is 17.8 Å². The fourth-order valence-corrected chi connectivity index (χ4v) is 4.12. The van der Waals surface area contributed by atoms with Gasteiger partial charge in [-0.3, -0.25) is 10.1 Å². The molecule has 0 bridgehead atoms. The maximum Gasteiger partial charge on any atom is 0.243 e. The number of rotatable bonds is 9.